The van der Waals surface area contributed by atoms with Gasteiger partial charge < -0.3 is 15.0 Å². The first-order chi connectivity index (χ1) is 17.4. The van der Waals surface area contributed by atoms with Crippen LogP contribution in [0, 0.1) is 6.92 Å². The topological polar surface area (TPSA) is 88.4 Å². The molecule has 1 N–H and O–H groups in total. The van der Waals surface area contributed by atoms with E-state index in [4.69, 9.17) is 9.72 Å². The van der Waals surface area contributed by atoms with Gasteiger partial charge in [0.25, 0.3) is 0 Å². The number of nitrogens with zero attached hydrogens (tertiary/aromatic N) is 6. The van der Waals surface area contributed by atoms with Crippen LogP contribution in [-0.2, 0) is 11.8 Å². The van der Waals surface area contributed by atoms with E-state index in [1.807, 2.05) is 43.5 Å². The molecule has 3 aliphatic rings. The summed E-state index contributed by atoms with van der Waals surface area (Å²) < 4.78 is 8.27. The molecule has 3 aliphatic heterocycles. The molecule has 0 bridgehead atoms. The molecule has 0 unspecified atom stereocenters. The molecule has 6 rings (SSSR count). The second-order valence-electron chi connectivity index (χ2n) is 10.00. The molecule has 0 radical (unpaired) electrons. The number of aromatic nitrogens is 4. The minimum absolute atomic E-state index is 0.0264. The Hall–Kier alpha value is -3.72. The average molecular weight is 486 g/mol. The molecule has 0 aromatic carbocycles. The van der Waals surface area contributed by atoms with Crippen LogP contribution in [0.1, 0.15) is 42.3 Å². The largest absolute Gasteiger partial charge is 0.482 e. The number of carbonyl (C=O) groups is 1. The molecule has 0 aliphatic carbocycles. The fourth-order valence-electron chi connectivity index (χ4n) is 5.66. The number of anilines is 2. The maximum atomic E-state index is 11.9. The molecule has 1 amide bonds. The molecule has 6 heterocycles. The maximum Gasteiger partial charge on any atom is 0.246 e. The number of amides is 1. The fraction of sp³-hybridized carbons (Fsp3) is 0.407. The van der Waals surface area contributed by atoms with Crippen LogP contribution in [-0.4, -0.2) is 67.7 Å². The number of pyridine rings is 2. The van der Waals surface area contributed by atoms with E-state index in [0.29, 0.717) is 12.0 Å². The van der Waals surface area contributed by atoms with Crippen molar-refractivity contribution in [2.24, 2.45) is 7.05 Å². The first-order valence-electron chi connectivity index (χ1n) is 12.5. The lowest BCUT2D eigenvalue weighted by atomic mass is 9.92. The molecule has 2 atom stereocenters. The number of nitrogens with one attached hydrogen (secondary N) is 1. The van der Waals surface area contributed by atoms with E-state index in [2.05, 4.69) is 39.9 Å². The standard InChI is InChI=1S/C27H31N7O2/c1-5-24(35)33-9-7-20(15-33)34-13-19(14-34)22-10-23-26(16(2)30-22)36-17(3)25-21(6-8-28-27(25)31-23)18-11-29-32(4)12-18/h5-6,8,10-12,17,19-20H,1,7,9,13-15H2,2-4H3,(H,28,31)/t17-,20-/m0/s1. The zero-order valence-corrected chi connectivity index (χ0v) is 20.9. The molecule has 36 heavy (non-hydrogen) atoms. The number of carbonyl (C=O) groups excluding carboxylic acids is 1. The first-order valence-corrected chi connectivity index (χ1v) is 12.5. The van der Waals surface area contributed by atoms with Gasteiger partial charge in [-0.2, -0.15) is 5.10 Å². The van der Waals surface area contributed by atoms with Gasteiger partial charge in [-0.25, -0.2) is 4.98 Å². The van der Waals surface area contributed by atoms with Gasteiger partial charge >= 0.3 is 0 Å². The van der Waals surface area contributed by atoms with Crippen LogP contribution in [0.2, 0.25) is 0 Å². The van der Waals surface area contributed by atoms with Crippen molar-refractivity contribution in [2.45, 2.75) is 38.3 Å². The normalized spacial score (nSPS) is 21.6. The number of rotatable bonds is 4. The van der Waals surface area contributed by atoms with Crippen molar-refractivity contribution in [3.05, 3.63) is 60.3 Å². The summed E-state index contributed by atoms with van der Waals surface area (Å²) in [4.78, 5) is 25.9. The van der Waals surface area contributed by atoms with Crippen molar-refractivity contribution in [1.82, 2.24) is 29.5 Å². The highest BCUT2D eigenvalue weighted by molar-refractivity contribution is 5.87. The molecule has 9 nitrogen and oxygen atoms in total. The van der Waals surface area contributed by atoms with Gasteiger partial charge in [-0.05, 0) is 44.0 Å². The second-order valence-corrected chi connectivity index (χ2v) is 10.00. The van der Waals surface area contributed by atoms with Crippen LogP contribution in [0.3, 0.4) is 0 Å². The Morgan fingerprint density at radius 1 is 1.31 bits per heavy atom. The van der Waals surface area contributed by atoms with E-state index in [0.717, 1.165) is 77.9 Å². The zero-order valence-electron chi connectivity index (χ0n) is 20.9. The molecular weight excluding hydrogens is 454 g/mol. The number of ether oxygens (including phenoxy) is 1. The first kappa shape index (κ1) is 22.7. The smallest absolute Gasteiger partial charge is 0.246 e. The lowest BCUT2D eigenvalue weighted by molar-refractivity contribution is -0.125. The van der Waals surface area contributed by atoms with Gasteiger partial charge in [0.05, 0.1) is 17.6 Å². The van der Waals surface area contributed by atoms with Crippen LogP contribution >= 0.6 is 0 Å². The van der Waals surface area contributed by atoms with Gasteiger partial charge in [0.1, 0.15) is 11.9 Å². The Morgan fingerprint density at radius 3 is 2.89 bits per heavy atom. The third kappa shape index (κ3) is 3.83. The predicted octanol–water partition coefficient (Wildman–Crippen LogP) is 3.57. The third-order valence-electron chi connectivity index (χ3n) is 7.62. The van der Waals surface area contributed by atoms with Gasteiger partial charge in [-0.1, -0.05) is 6.58 Å². The number of aryl methyl sites for hydroxylation is 2. The lowest BCUT2D eigenvalue weighted by Gasteiger charge is -2.43. The summed E-state index contributed by atoms with van der Waals surface area (Å²) in [5.74, 6) is 1.95. The summed E-state index contributed by atoms with van der Waals surface area (Å²) in [6.07, 6.45) is 7.91. The summed E-state index contributed by atoms with van der Waals surface area (Å²) in [5.41, 5.74) is 5.94. The van der Waals surface area contributed by atoms with Crippen LogP contribution in [0.15, 0.2) is 43.4 Å². The minimum atomic E-state index is -0.202. The van der Waals surface area contributed by atoms with E-state index in [1.54, 1.807) is 4.68 Å². The maximum absolute atomic E-state index is 11.9. The van der Waals surface area contributed by atoms with Crippen molar-refractivity contribution in [1.29, 1.82) is 0 Å². The molecule has 2 fully saturated rings. The summed E-state index contributed by atoms with van der Waals surface area (Å²) in [6, 6.07) is 4.54. The van der Waals surface area contributed by atoms with Crippen molar-refractivity contribution < 1.29 is 9.53 Å². The third-order valence-corrected chi connectivity index (χ3v) is 7.62. The van der Waals surface area contributed by atoms with Gasteiger partial charge in [0.2, 0.25) is 5.91 Å². The molecule has 0 spiro atoms. The zero-order chi connectivity index (χ0) is 25.0. The molecule has 186 valence electrons. The Labute approximate surface area is 210 Å². The Morgan fingerprint density at radius 2 is 2.14 bits per heavy atom. The Balaban J connectivity index is 1.23. The van der Waals surface area contributed by atoms with E-state index in [-0.39, 0.29) is 12.0 Å². The molecule has 9 heteroatoms. The molecular formula is C27H31N7O2. The van der Waals surface area contributed by atoms with E-state index in [9.17, 15) is 4.79 Å². The highest BCUT2D eigenvalue weighted by Crippen LogP contribution is 2.44. The second kappa shape index (κ2) is 8.74. The number of hydrogen-bond donors (Lipinski definition) is 1. The highest BCUT2D eigenvalue weighted by Gasteiger charge is 2.38. The van der Waals surface area contributed by atoms with E-state index >= 15 is 0 Å². The molecule has 3 aromatic heterocycles. The van der Waals surface area contributed by atoms with Crippen LogP contribution in [0.4, 0.5) is 11.5 Å². The average Bonchev–Trinajstić information content (AvgIpc) is 3.46. The van der Waals surface area contributed by atoms with Crippen molar-refractivity contribution in [3.8, 4) is 16.9 Å². The van der Waals surface area contributed by atoms with E-state index < -0.39 is 0 Å². The molecule has 3 aromatic rings. The van der Waals surface area contributed by atoms with Gasteiger partial charge in [0.15, 0.2) is 5.75 Å². The number of hydrogen-bond acceptors (Lipinski definition) is 7. The minimum Gasteiger partial charge on any atom is -0.482 e. The van der Waals surface area contributed by atoms with Gasteiger partial charge in [0, 0.05) is 74.4 Å². The molecule has 2 saturated heterocycles. The van der Waals surface area contributed by atoms with Crippen LogP contribution in [0.25, 0.3) is 11.1 Å². The van der Waals surface area contributed by atoms with E-state index in [1.165, 1.54) is 6.08 Å². The summed E-state index contributed by atoms with van der Waals surface area (Å²) in [6.45, 7) is 11.2. The number of likely N-dealkylation sites (tertiary alicyclic amines) is 2. The van der Waals surface area contributed by atoms with Gasteiger partial charge in [-0.3, -0.25) is 19.4 Å². The SMILES string of the molecule is C=CC(=O)N1CC[C@H](N2CC(c3cc4c(c(C)n3)O[C@@H](C)c3c(-c5cnn(C)c5)ccnc3N4)C2)C1. The monoisotopic (exact) mass is 485 g/mol. The van der Waals surface area contributed by atoms with Crippen molar-refractivity contribution in [2.75, 3.05) is 31.5 Å². The Kier molecular flexibility index (Phi) is 5.52. The fourth-order valence-corrected chi connectivity index (χ4v) is 5.66. The van der Waals surface area contributed by atoms with Crippen LogP contribution in [0.5, 0.6) is 5.75 Å². The Bertz CT molecular complexity index is 1340. The predicted molar refractivity (Wildman–Crippen MR) is 137 cm³/mol. The number of fused-ring (bicyclic) bond motifs is 2. The van der Waals surface area contributed by atoms with Crippen molar-refractivity contribution >= 4 is 17.4 Å². The lowest BCUT2D eigenvalue weighted by Crippen LogP contribution is -2.52. The summed E-state index contributed by atoms with van der Waals surface area (Å²) >= 11 is 0. The van der Waals surface area contributed by atoms with Gasteiger partial charge in [-0.15, -0.1) is 0 Å². The van der Waals surface area contributed by atoms with Crippen LogP contribution < -0.4 is 10.1 Å². The molecule has 0 saturated carbocycles. The summed E-state index contributed by atoms with van der Waals surface area (Å²) in [7, 11) is 1.92. The summed E-state index contributed by atoms with van der Waals surface area (Å²) in [5, 5.41) is 7.90. The highest BCUT2D eigenvalue weighted by atomic mass is 16.5. The quantitative estimate of drug-likeness (QED) is 0.565. The van der Waals surface area contributed by atoms with Crippen molar-refractivity contribution in [3.63, 3.8) is 0 Å².